The summed E-state index contributed by atoms with van der Waals surface area (Å²) in [5.74, 6) is -1.98. The first kappa shape index (κ1) is 15.9. The van der Waals surface area contributed by atoms with Crippen LogP contribution in [0.25, 0.3) is 0 Å². The average molecular weight is 308 g/mol. The summed E-state index contributed by atoms with van der Waals surface area (Å²) in [6.45, 7) is -0.295. The van der Waals surface area contributed by atoms with Gasteiger partial charge in [-0.15, -0.1) is 0 Å². The van der Waals surface area contributed by atoms with Crippen LogP contribution in [0, 0.1) is 11.6 Å². The van der Waals surface area contributed by atoms with E-state index in [2.05, 4.69) is 4.74 Å². The van der Waals surface area contributed by atoms with Crippen molar-refractivity contribution in [1.29, 1.82) is 0 Å². The number of ether oxygens (including phenoxy) is 2. The smallest absolute Gasteiger partial charge is 0.341 e. The highest BCUT2D eigenvalue weighted by Crippen LogP contribution is 2.23. The van der Waals surface area contributed by atoms with Crippen molar-refractivity contribution in [2.45, 2.75) is 6.10 Å². The molecule has 0 heterocycles. The summed E-state index contributed by atoms with van der Waals surface area (Å²) >= 11 is 0. The molecule has 1 atom stereocenters. The lowest BCUT2D eigenvalue weighted by molar-refractivity contribution is 0.0588. The maximum absolute atomic E-state index is 13.6. The van der Waals surface area contributed by atoms with E-state index >= 15 is 0 Å². The first-order valence-corrected chi connectivity index (χ1v) is 6.46. The molecule has 0 bridgehead atoms. The Morgan fingerprint density at radius 3 is 2.64 bits per heavy atom. The molecule has 1 unspecified atom stereocenters. The predicted octanol–water partition coefficient (Wildman–Crippen LogP) is 2.86. The number of aliphatic hydroxyl groups is 1. The maximum atomic E-state index is 13.6. The molecule has 4 nitrogen and oxygen atoms in total. The number of aliphatic hydroxyl groups excluding tert-OH is 1. The zero-order valence-corrected chi connectivity index (χ0v) is 11.8. The van der Waals surface area contributed by atoms with Gasteiger partial charge in [-0.1, -0.05) is 18.2 Å². The first-order valence-electron chi connectivity index (χ1n) is 6.46. The Labute approximate surface area is 125 Å². The molecule has 0 aliphatic heterocycles. The molecule has 2 rings (SSSR count). The third-order valence-corrected chi connectivity index (χ3v) is 3.01. The number of para-hydroxylation sites is 1. The van der Waals surface area contributed by atoms with Crippen LogP contribution in [-0.4, -0.2) is 24.8 Å². The largest absolute Gasteiger partial charge is 0.490 e. The van der Waals surface area contributed by atoms with E-state index in [1.807, 2.05) is 0 Å². The Balaban J connectivity index is 2.11. The van der Waals surface area contributed by atoms with Crippen molar-refractivity contribution < 1.29 is 28.2 Å². The SMILES string of the molecule is COC(=O)c1ccccc1OCC(O)c1ccc(F)cc1F. The van der Waals surface area contributed by atoms with Gasteiger partial charge in [0.25, 0.3) is 0 Å². The Bertz CT molecular complexity index is 673. The van der Waals surface area contributed by atoms with E-state index in [4.69, 9.17) is 4.74 Å². The van der Waals surface area contributed by atoms with Gasteiger partial charge in [-0.3, -0.25) is 0 Å². The molecular weight excluding hydrogens is 294 g/mol. The van der Waals surface area contributed by atoms with Crippen molar-refractivity contribution in [3.8, 4) is 5.75 Å². The van der Waals surface area contributed by atoms with Crippen LogP contribution in [0.15, 0.2) is 42.5 Å². The topological polar surface area (TPSA) is 55.8 Å². The van der Waals surface area contributed by atoms with Crippen molar-refractivity contribution in [2.75, 3.05) is 13.7 Å². The van der Waals surface area contributed by atoms with Crippen LogP contribution >= 0.6 is 0 Å². The number of methoxy groups -OCH3 is 1. The molecular formula is C16H14F2O4. The number of hydrogen-bond acceptors (Lipinski definition) is 4. The Hall–Kier alpha value is -2.47. The Morgan fingerprint density at radius 2 is 1.95 bits per heavy atom. The molecule has 0 spiro atoms. The van der Waals surface area contributed by atoms with Gasteiger partial charge in [0.05, 0.1) is 7.11 Å². The Morgan fingerprint density at radius 1 is 1.23 bits per heavy atom. The van der Waals surface area contributed by atoms with Crippen LogP contribution in [0.5, 0.6) is 5.75 Å². The van der Waals surface area contributed by atoms with Gasteiger partial charge in [-0.05, 0) is 18.2 Å². The Kier molecular flexibility index (Phi) is 5.06. The third kappa shape index (κ3) is 3.59. The molecule has 22 heavy (non-hydrogen) atoms. The van der Waals surface area contributed by atoms with E-state index in [-0.39, 0.29) is 23.5 Å². The number of carbonyl (C=O) groups is 1. The van der Waals surface area contributed by atoms with E-state index < -0.39 is 23.7 Å². The van der Waals surface area contributed by atoms with Crippen molar-refractivity contribution in [3.63, 3.8) is 0 Å². The number of hydrogen-bond donors (Lipinski definition) is 1. The molecule has 0 aliphatic carbocycles. The average Bonchev–Trinajstić information content (AvgIpc) is 2.52. The summed E-state index contributed by atoms with van der Waals surface area (Å²) in [6.07, 6.45) is -1.30. The minimum absolute atomic E-state index is 0.0862. The quantitative estimate of drug-likeness (QED) is 0.863. The summed E-state index contributed by atoms with van der Waals surface area (Å²) in [4.78, 5) is 11.6. The molecule has 0 aromatic heterocycles. The highest BCUT2D eigenvalue weighted by Gasteiger charge is 2.17. The maximum Gasteiger partial charge on any atom is 0.341 e. The van der Waals surface area contributed by atoms with Gasteiger partial charge in [-0.25, -0.2) is 13.6 Å². The van der Waals surface area contributed by atoms with Crippen LogP contribution in [0.4, 0.5) is 8.78 Å². The molecule has 0 amide bonds. The minimum Gasteiger partial charge on any atom is -0.490 e. The van der Waals surface area contributed by atoms with Crippen molar-refractivity contribution >= 4 is 5.97 Å². The number of halogens is 2. The molecule has 0 saturated carbocycles. The second-order valence-corrected chi connectivity index (χ2v) is 4.48. The van der Waals surface area contributed by atoms with Crippen LogP contribution < -0.4 is 4.74 Å². The van der Waals surface area contributed by atoms with Crippen LogP contribution in [0.1, 0.15) is 22.0 Å². The van der Waals surface area contributed by atoms with E-state index in [1.54, 1.807) is 12.1 Å². The highest BCUT2D eigenvalue weighted by atomic mass is 19.1. The van der Waals surface area contributed by atoms with E-state index in [1.165, 1.54) is 19.2 Å². The number of rotatable bonds is 5. The molecule has 1 N–H and O–H groups in total. The lowest BCUT2D eigenvalue weighted by atomic mass is 10.1. The van der Waals surface area contributed by atoms with Gasteiger partial charge in [0, 0.05) is 11.6 Å². The van der Waals surface area contributed by atoms with Crippen molar-refractivity contribution in [3.05, 3.63) is 65.2 Å². The third-order valence-electron chi connectivity index (χ3n) is 3.01. The van der Waals surface area contributed by atoms with Gasteiger partial charge in [-0.2, -0.15) is 0 Å². The molecule has 2 aromatic carbocycles. The van der Waals surface area contributed by atoms with Crippen LogP contribution in [0.3, 0.4) is 0 Å². The van der Waals surface area contributed by atoms with Gasteiger partial charge in [0.15, 0.2) is 0 Å². The molecule has 0 radical (unpaired) electrons. The fourth-order valence-corrected chi connectivity index (χ4v) is 1.90. The summed E-state index contributed by atoms with van der Waals surface area (Å²) in [7, 11) is 1.24. The summed E-state index contributed by atoms with van der Waals surface area (Å²) < 4.78 is 36.4. The van der Waals surface area contributed by atoms with E-state index in [9.17, 15) is 18.7 Å². The van der Waals surface area contributed by atoms with Gasteiger partial charge >= 0.3 is 5.97 Å². The highest BCUT2D eigenvalue weighted by molar-refractivity contribution is 5.92. The van der Waals surface area contributed by atoms with E-state index in [0.717, 1.165) is 12.1 Å². The van der Waals surface area contributed by atoms with Crippen molar-refractivity contribution in [1.82, 2.24) is 0 Å². The number of carbonyl (C=O) groups excluding carboxylic acids is 1. The van der Waals surface area contributed by atoms with E-state index in [0.29, 0.717) is 6.07 Å². The molecule has 2 aromatic rings. The standard InChI is InChI=1S/C16H14F2O4/c1-21-16(20)12-4-2-3-5-15(12)22-9-14(19)11-7-6-10(17)8-13(11)18/h2-8,14,19H,9H2,1H3. The molecule has 6 heteroatoms. The minimum atomic E-state index is -1.30. The van der Waals surface area contributed by atoms with Gasteiger partial charge < -0.3 is 14.6 Å². The molecule has 116 valence electrons. The summed E-state index contributed by atoms with van der Waals surface area (Å²) in [5, 5.41) is 9.94. The van der Waals surface area contributed by atoms with Crippen molar-refractivity contribution in [2.24, 2.45) is 0 Å². The predicted molar refractivity (Wildman–Crippen MR) is 74.6 cm³/mol. The number of esters is 1. The molecule has 0 aliphatic rings. The fourth-order valence-electron chi connectivity index (χ4n) is 1.90. The zero-order valence-electron chi connectivity index (χ0n) is 11.8. The summed E-state index contributed by atoms with van der Waals surface area (Å²) in [6, 6.07) is 9.18. The lowest BCUT2D eigenvalue weighted by Gasteiger charge is -2.15. The van der Waals surface area contributed by atoms with Crippen LogP contribution in [0.2, 0.25) is 0 Å². The molecule has 0 fully saturated rings. The van der Waals surface area contributed by atoms with Gasteiger partial charge in [0.2, 0.25) is 0 Å². The molecule has 0 saturated heterocycles. The van der Waals surface area contributed by atoms with Gasteiger partial charge in [0.1, 0.15) is 35.7 Å². The monoisotopic (exact) mass is 308 g/mol. The van der Waals surface area contributed by atoms with Crippen LogP contribution in [-0.2, 0) is 4.74 Å². The second-order valence-electron chi connectivity index (χ2n) is 4.48. The fraction of sp³-hybridized carbons (Fsp3) is 0.188. The first-order chi connectivity index (χ1) is 10.5. The lowest BCUT2D eigenvalue weighted by Crippen LogP contribution is -2.13. The zero-order chi connectivity index (χ0) is 16.1. The summed E-state index contributed by atoms with van der Waals surface area (Å²) in [5.41, 5.74) is 0.105. The number of benzene rings is 2. The second kappa shape index (κ2) is 7.00. The normalized spacial score (nSPS) is 11.8.